The second kappa shape index (κ2) is 6.26. The Labute approximate surface area is 134 Å². The zero-order valence-corrected chi connectivity index (χ0v) is 13.7. The van der Waals surface area contributed by atoms with Crippen molar-refractivity contribution in [2.75, 3.05) is 31.8 Å². The molecule has 0 saturated carbocycles. The second-order valence-electron chi connectivity index (χ2n) is 5.79. The van der Waals surface area contributed by atoms with E-state index >= 15 is 0 Å². The van der Waals surface area contributed by atoms with Crippen LogP contribution in [0.4, 0.5) is 5.82 Å². The molecule has 0 aromatic carbocycles. The molecular weight excluding hydrogens is 300 g/mol. The third-order valence-electron chi connectivity index (χ3n) is 4.05. The van der Waals surface area contributed by atoms with E-state index in [1.807, 2.05) is 6.07 Å². The Bertz CT molecular complexity index is 589. The van der Waals surface area contributed by atoms with Crippen molar-refractivity contribution >= 4 is 17.6 Å². The summed E-state index contributed by atoms with van der Waals surface area (Å²) in [6.45, 7) is 4.20. The molecule has 1 fully saturated rings. The molecule has 6 nitrogen and oxygen atoms in total. The van der Waals surface area contributed by atoms with E-state index in [9.17, 15) is 0 Å². The smallest absolute Gasteiger partial charge is 0.175 e. The molecule has 4 N–H and O–H groups in total. The van der Waals surface area contributed by atoms with Crippen LogP contribution in [0.3, 0.4) is 0 Å². The Kier molecular flexibility index (Phi) is 4.35. The summed E-state index contributed by atoms with van der Waals surface area (Å²) in [5.41, 5.74) is 12.3. The van der Waals surface area contributed by atoms with Gasteiger partial charge in [-0.1, -0.05) is 11.8 Å². The number of pyridine rings is 1. The van der Waals surface area contributed by atoms with Crippen LogP contribution in [0.2, 0.25) is 0 Å². The van der Waals surface area contributed by atoms with E-state index in [2.05, 4.69) is 9.88 Å². The molecule has 22 heavy (non-hydrogen) atoms. The predicted octanol–water partition coefficient (Wildman–Crippen LogP) is 1.51. The fourth-order valence-corrected chi connectivity index (χ4v) is 3.78. The third kappa shape index (κ3) is 2.83. The Hall–Kier alpha value is -1.60. The molecule has 1 unspecified atom stereocenters. The first-order chi connectivity index (χ1) is 10.6. The van der Waals surface area contributed by atoms with Crippen LogP contribution >= 0.6 is 11.8 Å². The predicted molar refractivity (Wildman–Crippen MR) is 87.8 cm³/mol. The van der Waals surface area contributed by atoms with Gasteiger partial charge in [-0.15, -0.1) is 0 Å². The molecule has 1 aromatic rings. The van der Waals surface area contributed by atoms with E-state index in [1.54, 1.807) is 20.2 Å². The number of allylic oxidation sites excluding steroid dienone is 1. The van der Waals surface area contributed by atoms with Gasteiger partial charge in [0.25, 0.3) is 0 Å². The van der Waals surface area contributed by atoms with Gasteiger partial charge in [-0.25, -0.2) is 4.98 Å². The van der Waals surface area contributed by atoms with Crippen molar-refractivity contribution in [3.8, 4) is 5.75 Å². The molecular formula is C15H22N4O2S. The summed E-state index contributed by atoms with van der Waals surface area (Å²) >= 11 is 1.43. The van der Waals surface area contributed by atoms with E-state index < -0.39 is 0 Å². The normalized spacial score (nSPS) is 24.4. The number of thioether (sulfide) groups is 1. The van der Waals surface area contributed by atoms with Crippen LogP contribution in [0.25, 0.3) is 0 Å². The lowest BCUT2D eigenvalue weighted by Gasteiger charge is -2.33. The highest BCUT2D eigenvalue weighted by molar-refractivity contribution is 8.03. The SMILES string of the molecule is COCC1C[C@H]2COc3c(S/C(N)=C(/C)N)ccnc3N2C1. The topological polar surface area (TPSA) is 86.6 Å². The third-order valence-corrected chi connectivity index (χ3v) is 5.14. The zero-order chi connectivity index (χ0) is 15.7. The lowest BCUT2D eigenvalue weighted by Crippen LogP contribution is -2.39. The van der Waals surface area contributed by atoms with Gasteiger partial charge >= 0.3 is 0 Å². The molecule has 0 aliphatic carbocycles. The summed E-state index contributed by atoms with van der Waals surface area (Å²) in [4.78, 5) is 7.82. The number of nitrogens with zero attached hydrogens (tertiary/aromatic N) is 2. The largest absolute Gasteiger partial charge is 0.486 e. The Morgan fingerprint density at radius 2 is 2.36 bits per heavy atom. The van der Waals surface area contributed by atoms with E-state index in [4.69, 9.17) is 20.9 Å². The van der Waals surface area contributed by atoms with Crippen LogP contribution in [-0.2, 0) is 4.74 Å². The fraction of sp³-hybridized carbons (Fsp3) is 0.533. The van der Waals surface area contributed by atoms with Crippen molar-refractivity contribution < 1.29 is 9.47 Å². The van der Waals surface area contributed by atoms with E-state index in [1.165, 1.54) is 11.8 Å². The van der Waals surface area contributed by atoms with Crippen LogP contribution in [0.15, 0.2) is 27.9 Å². The molecule has 3 heterocycles. The maximum Gasteiger partial charge on any atom is 0.175 e. The van der Waals surface area contributed by atoms with Gasteiger partial charge < -0.3 is 25.8 Å². The van der Waals surface area contributed by atoms with E-state index in [0.717, 1.165) is 36.0 Å². The van der Waals surface area contributed by atoms with Gasteiger partial charge in [0.15, 0.2) is 11.6 Å². The minimum atomic E-state index is 0.379. The van der Waals surface area contributed by atoms with Crippen LogP contribution in [0.1, 0.15) is 13.3 Å². The number of ether oxygens (including phenoxy) is 2. The molecule has 1 aromatic heterocycles. The first-order valence-corrected chi connectivity index (χ1v) is 8.18. The van der Waals surface area contributed by atoms with Crippen LogP contribution in [0, 0.1) is 5.92 Å². The van der Waals surface area contributed by atoms with Crippen molar-refractivity contribution in [3.05, 3.63) is 23.0 Å². The lowest BCUT2D eigenvalue weighted by atomic mass is 10.1. The Balaban J connectivity index is 1.87. The molecule has 3 rings (SSSR count). The number of nitrogens with two attached hydrogens (primary N) is 2. The second-order valence-corrected chi connectivity index (χ2v) is 6.87. The highest BCUT2D eigenvalue weighted by Crippen LogP contribution is 2.44. The van der Waals surface area contributed by atoms with Gasteiger partial charge in [0.05, 0.1) is 22.6 Å². The summed E-state index contributed by atoms with van der Waals surface area (Å²) in [6.07, 6.45) is 2.88. The summed E-state index contributed by atoms with van der Waals surface area (Å²) in [5, 5.41) is 0.595. The number of hydrogen-bond acceptors (Lipinski definition) is 7. The Morgan fingerprint density at radius 3 is 3.09 bits per heavy atom. The molecule has 0 spiro atoms. The number of methoxy groups -OCH3 is 1. The maximum atomic E-state index is 5.99. The fourth-order valence-electron chi connectivity index (χ4n) is 3.01. The quantitative estimate of drug-likeness (QED) is 0.813. The molecule has 2 atom stereocenters. The monoisotopic (exact) mass is 322 g/mol. The number of hydrogen-bond donors (Lipinski definition) is 2. The van der Waals surface area contributed by atoms with Gasteiger partial charge in [-0.3, -0.25) is 0 Å². The van der Waals surface area contributed by atoms with Crippen LogP contribution < -0.4 is 21.1 Å². The van der Waals surface area contributed by atoms with Gasteiger partial charge in [0, 0.05) is 31.5 Å². The molecule has 7 heteroatoms. The van der Waals surface area contributed by atoms with Gasteiger partial charge in [-0.2, -0.15) is 0 Å². The summed E-state index contributed by atoms with van der Waals surface area (Å²) in [6, 6.07) is 2.30. The highest BCUT2D eigenvalue weighted by atomic mass is 32.2. The van der Waals surface area contributed by atoms with Gasteiger partial charge in [0.1, 0.15) is 6.61 Å². The van der Waals surface area contributed by atoms with Gasteiger partial charge in [-0.05, 0) is 19.4 Å². The number of anilines is 1. The molecule has 2 aliphatic heterocycles. The number of rotatable bonds is 4. The first-order valence-electron chi connectivity index (χ1n) is 7.37. The average Bonchev–Trinajstić information content (AvgIpc) is 2.90. The highest BCUT2D eigenvalue weighted by Gasteiger charge is 2.38. The molecule has 0 amide bonds. The van der Waals surface area contributed by atoms with Crippen molar-refractivity contribution in [2.24, 2.45) is 17.4 Å². The van der Waals surface area contributed by atoms with Gasteiger partial charge in [0.2, 0.25) is 0 Å². The zero-order valence-electron chi connectivity index (χ0n) is 12.9. The van der Waals surface area contributed by atoms with Crippen LogP contribution in [0.5, 0.6) is 5.75 Å². The molecule has 0 bridgehead atoms. The molecule has 0 radical (unpaired) electrons. The summed E-state index contributed by atoms with van der Waals surface area (Å²) in [7, 11) is 1.75. The van der Waals surface area contributed by atoms with Crippen molar-refractivity contribution in [1.29, 1.82) is 0 Å². The van der Waals surface area contributed by atoms with Crippen molar-refractivity contribution in [3.63, 3.8) is 0 Å². The summed E-state index contributed by atoms with van der Waals surface area (Å²) < 4.78 is 11.3. The molecule has 120 valence electrons. The Morgan fingerprint density at radius 1 is 1.55 bits per heavy atom. The number of fused-ring (bicyclic) bond motifs is 3. The van der Waals surface area contributed by atoms with Crippen LogP contribution in [-0.4, -0.2) is 37.9 Å². The van der Waals surface area contributed by atoms with E-state index in [0.29, 0.717) is 29.3 Å². The standard InChI is InChI=1S/C15H22N4O2S/c1-9(16)14(17)22-12-3-4-18-15-13(12)21-8-11-5-10(7-20-2)6-19(11)15/h3-4,10-11H,5-8,16-17H2,1-2H3/b14-9-/t10?,11-/m0/s1. The van der Waals surface area contributed by atoms with Crippen molar-refractivity contribution in [2.45, 2.75) is 24.3 Å². The van der Waals surface area contributed by atoms with Crippen molar-refractivity contribution in [1.82, 2.24) is 4.98 Å². The minimum absolute atomic E-state index is 0.379. The van der Waals surface area contributed by atoms with E-state index in [-0.39, 0.29) is 0 Å². The first kappa shape index (κ1) is 15.3. The average molecular weight is 322 g/mol. The minimum Gasteiger partial charge on any atom is -0.486 e. The lowest BCUT2D eigenvalue weighted by molar-refractivity contribution is 0.157. The maximum absolute atomic E-state index is 5.99. The molecule has 2 aliphatic rings. The number of aromatic nitrogens is 1. The summed E-state index contributed by atoms with van der Waals surface area (Å²) in [5.74, 6) is 2.24. The molecule has 1 saturated heterocycles.